The third-order valence-corrected chi connectivity index (χ3v) is 3.85. The van der Waals surface area contributed by atoms with E-state index in [4.69, 9.17) is 4.74 Å². The van der Waals surface area contributed by atoms with E-state index in [-0.39, 0.29) is 5.82 Å². The molecule has 1 fully saturated rings. The molecule has 0 aliphatic heterocycles. The highest BCUT2D eigenvalue weighted by Crippen LogP contribution is 2.26. The van der Waals surface area contributed by atoms with Crippen LogP contribution in [-0.2, 0) is 6.54 Å². The van der Waals surface area contributed by atoms with Gasteiger partial charge in [0.15, 0.2) is 0 Å². The number of hydrogen-bond donors (Lipinski definition) is 1. The van der Waals surface area contributed by atoms with Gasteiger partial charge in [-0.05, 0) is 61.6 Å². The second kappa shape index (κ2) is 5.86. The molecule has 0 saturated heterocycles. The molecule has 0 heterocycles. The smallest absolute Gasteiger partial charge is 0.130 e. The van der Waals surface area contributed by atoms with Gasteiger partial charge in [-0.1, -0.05) is 12.1 Å². The van der Waals surface area contributed by atoms with E-state index < -0.39 is 0 Å². The fourth-order valence-corrected chi connectivity index (χ4v) is 2.25. The van der Waals surface area contributed by atoms with Gasteiger partial charge in [-0.25, -0.2) is 4.39 Å². The minimum Gasteiger partial charge on any atom is -0.457 e. The van der Waals surface area contributed by atoms with Crippen LogP contribution in [-0.4, -0.2) is 6.04 Å². The largest absolute Gasteiger partial charge is 0.457 e. The average molecular weight is 285 g/mol. The Morgan fingerprint density at radius 3 is 2.43 bits per heavy atom. The zero-order valence-electron chi connectivity index (χ0n) is 12.4. The van der Waals surface area contributed by atoms with Crippen molar-refractivity contribution in [2.24, 2.45) is 0 Å². The maximum atomic E-state index is 13.5. The minimum absolute atomic E-state index is 0.241. The fourth-order valence-electron chi connectivity index (χ4n) is 2.25. The van der Waals surface area contributed by atoms with Gasteiger partial charge < -0.3 is 10.1 Å². The van der Waals surface area contributed by atoms with Crippen molar-refractivity contribution in [2.45, 2.75) is 39.3 Å². The van der Waals surface area contributed by atoms with Crippen LogP contribution in [0.5, 0.6) is 11.5 Å². The zero-order valence-corrected chi connectivity index (χ0v) is 12.4. The van der Waals surface area contributed by atoms with Gasteiger partial charge in [0.25, 0.3) is 0 Å². The summed E-state index contributed by atoms with van der Waals surface area (Å²) in [5.41, 5.74) is 3.09. The molecule has 1 aliphatic carbocycles. The SMILES string of the molecule is Cc1ccc(Oc2ccc(CNC3CC3)c(C)c2)cc1F. The molecular weight excluding hydrogens is 265 g/mol. The number of halogens is 1. The number of ether oxygens (including phenoxy) is 1. The van der Waals surface area contributed by atoms with Gasteiger partial charge in [-0.2, -0.15) is 0 Å². The van der Waals surface area contributed by atoms with E-state index >= 15 is 0 Å². The van der Waals surface area contributed by atoms with Crippen molar-refractivity contribution in [1.29, 1.82) is 0 Å². The van der Waals surface area contributed by atoms with Gasteiger partial charge in [-0.15, -0.1) is 0 Å². The lowest BCUT2D eigenvalue weighted by Gasteiger charge is -2.11. The zero-order chi connectivity index (χ0) is 14.8. The molecule has 0 atom stereocenters. The lowest BCUT2D eigenvalue weighted by atomic mass is 10.1. The van der Waals surface area contributed by atoms with Gasteiger partial charge in [0.2, 0.25) is 0 Å². The normalized spacial score (nSPS) is 14.2. The van der Waals surface area contributed by atoms with E-state index in [1.807, 2.05) is 12.1 Å². The lowest BCUT2D eigenvalue weighted by molar-refractivity contribution is 0.475. The summed E-state index contributed by atoms with van der Waals surface area (Å²) in [6.07, 6.45) is 2.58. The number of aryl methyl sites for hydroxylation is 2. The van der Waals surface area contributed by atoms with E-state index in [2.05, 4.69) is 18.3 Å². The van der Waals surface area contributed by atoms with Gasteiger partial charge in [0.1, 0.15) is 17.3 Å². The molecule has 0 bridgehead atoms. The number of benzene rings is 2. The molecule has 0 aromatic heterocycles. The predicted molar refractivity (Wildman–Crippen MR) is 82.3 cm³/mol. The number of hydrogen-bond acceptors (Lipinski definition) is 2. The Morgan fingerprint density at radius 2 is 1.76 bits per heavy atom. The van der Waals surface area contributed by atoms with Gasteiger partial charge in [0, 0.05) is 18.7 Å². The number of nitrogens with one attached hydrogen (secondary N) is 1. The third-order valence-electron chi connectivity index (χ3n) is 3.85. The molecular formula is C18H20FNO. The van der Waals surface area contributed by atoms with Crippen LogP contribution in [0.1, 0.15) is 29.5 Å². The quantitative estimate of drug-likeness (QED) is 0.874. The molecule has 3 rings (SSSR count). The van der Waals surface area contributed by atoms with Crippen molar-refractivity contribution in [3.63, 3.8) is 0 Å². The summed E-state index contributed by atoms with van der Waals surface area (Å²) in [5.74, 6) is 1.03. The van der Waals surface area contributed by atoms with Crippen molar-refractivity contribution in [3.05, 3.63) is 58.9 Å². The summed E-state index contributed by atoms with van der Waals surface area (Å²) >= 11 is 0. The maximum absolute atomic E-state index is 13.5. The first-order chi connectivity index (χ1) is 10.1. The molecule has 1 saturated carbocycles. The van der Waals surface area contributed by atoms with Crippen molar-refractivity contribution in [2.75, 3.05) is 0 Å². The molecule has 2 aromatic carbocycles. The summed E-state index contributed by atoms with van der Waals surface area (Å²) in [4.78, 5) is 0. The highest BCUT2D eigenvalue weighted by Gasteiger charge is 2.20. The first-order valence-electron chi connectivity index (χ1n) is 7.39. The molecule has 21 heavy (non-hydrogen) atoms. The highest BCUT2D eigenvalue weighted by atomic mass is 19.1. The second-order valence-corrected chi connectivity index (χ2v) is 5.76. The van der Waals surface area contributed by atoms with Crippen LogP contribution in [0.2, 0.25) is 0 Å². The average Bonchev–Trinajstić information content (AvgIpc) is 3.26. The van der Waals surface area contributed by atoms with E-state index in [9.17, 15) is 4.39 Å². The maximum Gasteiger partial charge on any atom is 0.130 e. The van der Waals surface area contributed by atoms with Crippen molar-refractivity contribution >= 4 is 0 Å². The Hall–Kier alpha value is -1.87. The molecule has 1 N–H and O–H groups in total. The van der Waals surface area contributed by atoms with Crippen molar-refractivity contribution < 1.29 is 9.13 Å². The molecule has 1 aliphatic rings. The van der Waals surface area contributed by atoms with Gasteiger partial charge in [-0.3, -0.25) is 0 Å². The predicted octanol–water partition coefficient (Wildman–Crippen LogP) is 4.49. The molecule has 0 radical (unpaired) electrons. The standard InChI is InChI=1S/C18H20FNO/c1-12-3-7-17(10-18(12)19)21-16-8-4-14(13(2)9-16)11-20-15-5-6-15/h3-4,7-10,15,20H,5-6,11H2,1-2H3. The summed E-state index contributed by atoms with van der Waals surface area (Å²) in [7, 11) is 0. The fraction of sp³-hybridized carbons (Fsp3) is 0.333. The van der Waals surface area contributed by atoms with Crippen molar-refractivity contribution in [1.82, 2.24) is 5.32 Å². The van der Waals surface area contributed by atoms with Crippen LogP contribution in [0, 0.1) is 19.7 Å². The van der Waals surface area contributed by atoms with Gasteiger partial charge in [0.05, 0.1) is 0 Å². The molecule has 2 aromatic rings. The monoisotopic (exact) mass is 285 g/mol. The van der Waals surface area contributed by atoms with E-state index in [0.29, 0.717) is 17.4 Å². The third kappa shape index (κ3) is 3.61. The van der Waals surface area contributed by atoms with Crippen LogP contribution >= 0.6 is 0 Å². The lowest BCUT2D eigenvalue weighted by Crippen LogP contribution is -2.15. The molecule has 0 unspecified atom stereocenters. The van der Waals surface area contributed by atoms with E-state index in [0.717, 1.165) is 12.3 Å². The summed E-state index contributed by atoms with van der Waals surface area (Å²) in [6.45, 7) is 4.72. The van der Waals surface area contributed by atoms with Crippen LogP contribution in [0.25, 0.3) is 0 Å². The first kappa shape index (κ1) is 14.1. The molecule has 0 spiro atoms. The van der Waals surface area contributed by atoms with Gasteiger partial charge >= 0.3 is 0 Å². The number of rotatable bonds is 5. The summed E-state index contributed by atoms with van der Waals surface area (Å²) < 4.78 is 19.2. The molecule has 3 heteroatoms. The Bertz CT molecular complexity index is 650. The topological polar surface area (TPSA) is 21.3 Å². The van der Waals surface area contributed by atoms with Crippen LogP contribution < -0.4 is 10.1 Å². The Kier molecular flexibility index (Phi) is 3.93. The van der Waals surface area contributed by atoms with Crippen LogP contribution in [0.4, 0.5) is 4.39 Å². The molecule has 2 nitrogen and oxygen atoms in total. The first-order valence-corrected chi connectivity index (χ1v) is 7.39. The Balaban J connectivity index is 1.70. The van der Waals surface area contributed by atoms with E-state index in [1.165, 1.54) is 30.0 Å². The van der Waals surface area contributed by atoms with E-state index in [1.54, 1.807) is 19.1 Å². The Labute approximate surface area is 125 Å². The van der Waals surface area contributed by atoms with Crippen LogP contribution in [0.3, 0.4) is 0 Å². The molecule has 110 valence electrons. The molecule has 0 amide bonds. The van der Waals surface area contributed by atoms with Crippen molar-refractivity contribution in [3.8, 4) is 11.5 Å². The minimum atomic E-state index is -0.241. The van der Waals surface area contributed by atoms with Crippen LogP contribution in [0.15, 0.2) is 36.4 Å². The Morgan fingerprint density at radius 1 is 1.05 bits per heavy atom. The highest BCUT2D eigenvalue weighted by molar-refractivity contribution is 5.38. The second-order valence-electron chi connectivity index (χ2n) is 5.76. The summed E-state index contributed by atoms with van der Waals surface area (Å²) in [6, 6.07) is 11.7. The summed E-state index contributed by atoms with van der Waals surface area (Å²) in [5, 5.41) is 3.51.